The molecule has 2 rings (SSSR count). The Hall–Kier alpha value is -1.72. The van der Waals surface area contributed by atoms with Crippen molar-refractivity contribution in [2.45, 2.75) is 24.4 Å². The van der Waals surface area contributed by atoms with Crippen LogP contribution in [0.4, 0.5) is 13.2 Å². The van der Waals surface area contributed by atoms with Crippen molar-refractivity contribution in [2.75, 3.05) is 6.54 Å². The molecule has 18 heavy (non-hydrogen) atoms. The van der Waals surface area contributed by atoms with Crippen molar-refractivity contribution in [1.29, 1.82) is 0 Å². The van der Waals surface area contributed by atoms with Crippen LogP contribution in [0.2, 0.25) is 0 Å². The van der Waals surface area contributed by atoms with Crippen LogP contribution >= 0.6 is 0 Å². The number of alkyl halides is 3. The molecule has 98 valence electrons. The highest BCUT2D eigenvalue weighted by molar-refractivity contribution is 5.75. The summed E-state index contributed by atoms with van der Waals surface area (Å²) in [6.07, 6.45) is -2.70. The largest absolute Gasteiger partial charge is 0.416 e. The van der Waals surface area contributed by atoms with E-state index in [-0.39, 0.29) is 11.4 Å². The fourth-order valence-electron chi connectivity index (χ4n) is 1.96. The van der Waals surface area contributed by atoms with Crippen molar-refractivity contribution in [3.05, 3.63) is 35.4 Å². The molecule has 1 aromatic rings. The molecule has 4 N–H and O–H groups in total. The van der Waals surface area contributed by atoms with Crippen LogP contribution in [0.15, 0.2) is 29.3 Å². The Labute approximate surface area is 103 Å². The lowest BCUT2D eigenvalue weighted by atomic mass is 9.94. The Morgan fingerprint density at radius 3 is 2.44 bits per heavy atom. The van der Waals surface area contributed by atoms with Crippen molar-refractivity contribution in [3.8, 4) is 0 Å². The van der Waals surface area contributed by atoms with E-state index >= 15 is 0 Å². The summed E-state index contributed by atoms with van der Waals surface area (Å²) in [5, 5.41) is 0. The fourth-order valence-corrected chi connectivity index (χ4v) is 1.96. The van der Waals surface area contributed by atoms with Gasteiger partial charge >= 0.3 is 6.18 Å². The molecule has 0 radical (unpaired) electrons. The maximum Gasteiger partial charge on any atom is 0.416 e. The molecule has 0 aliphatic heterocycles. The van der Waals surface area contributed by atoms with E-state index in [9.17, 15) is 13.2 Å². The lowest BCUT2D eigenvalue weighted by Crippen LogP contribution is -2.25. The third kappa shape index (κ3) is 2.57. The van der Waals surface area contributed by atoms with Crippen LogP contribution < -0.4 is 11.5 Å². The number of hydrogen-bond donors (Lipinski definition) is 2. The summed E-state index contributed by atoms with van der Waals surface area (Å²) < 4.78 is 37.9. The summed E-state index contributed by atoms with van der Waals surface area (Å²) in [7, 11) is 0. The highest BCUT2D eigenvalue weighted by Gasteiger charge is 2.45. The van der Waals surface area contributed by atoms with Crippen LogP contribution in [0.3, 0.4) is 0 Å². The number of aliphatic imine (C=N–C) groups is 1. The molecule has 0 spiro atoms. The molecule has 0 saturated heterocycles. The van der Waals surface area contributed by atoms with Gasteiger partial charge in [-0.05, 0) is 24.5 Å². The molecule has 1 fully saturated rings. The van der Waals surface area contributed by atoms with Gasteiger partial charge in [0.2, 0.25) is 0 Å². The Morgan fingerprint density at radius 1 is 1.28 bits per heavy atom. The van der Waals surface area contributed by atoms with E-state index in [4.69, 9.17) is 11.5 Å². The van der Waals surface area contributed by atoms with Gasteiger partial charge in [0.1, 0.15) is 0 Å². The van der Waals surface area contributed by atoms with Gasteiger partial charge in [-0.2, -0.15) is 13.2 Å². The average Bonchev–Trinajstić information content (AvgIpc) is 3.07. The molecule has 6 heteroatoms. The molecule has 0 bridgehead atoms. The topological polar surface area (TPSA) is 64.4 Å². The van der Waals surface area contributed by atoms with E-state index in [1.165, 1.54) is 12.1 Å². The van der Waals surface area contributed by atoms with Gasteiger partial charge in [0.25, 0.3) is 0 Å². The highest BCUT2D eigenvalue weighted by Crippen LogP contribution is 2.49. The summed E-state index contributed by atoms with van der Waals surface area (Å²) in [6, 6.07) is 5.38. The van der Waals surface area contributed by atoms with Crippen LogP contribution in [-0.2, 0) is 11.6 Å². The van der Waals surface area contributed by atoms with Crippen molar-refractivity contribution in [2.24, 2.45) is 16.5 Å². The standard InChI is InChI=1S/C12H14F3N3/c13-12(14,15)9-3-1-2-8(6-9)11(4-5-11)7-18-10(16)17/h1-3,6H,4-5,7H2,(H4,16,17,18). The first-order valence-electron chi connectivity index (χ1n) is 5.57. The lowest BCUT2D eigenvalue weighted by molar-refractivity contribution is -0.137. The summed E-state index contributed by atoms with van der Waals surface area (Å²) in [5.74, 6) is -0.0340. The van der Waals surface area contributed by atoms with E-state index in [1.54, 1.807) is 6.07 Å². The molecule has 0 aromatic heterocycles. The molecule has 3 nitrogen and oxygen atoms in total. The Balaban J connectivity index is 2.26. The highest BCUT2D eigenvalue weighted by atomic mass is 19.4. The molecular formula is C12H14F3N3. The average molecular weight is 257 g/mol. The monoisotopic (exact) mass is 257 g/mol. The second-order valence-corrected chi connectivity index (χ2v) is 4.60. The summed E-state index contributed by atoms with van der Waals surface area (Å²) in [6.45, 7) is 0.344. The minimum absolute atomic E-state index is 0.0340. The van der Waals surface area contributed by atoms with E-state index in [2.05, 4.69) is 4.99 Å². The number of nitrogens with zero attached hydrogens (tertiary/aromatic N) is 1. The van der Waals surface area contributed by atoms with Gasteiger partial charge in [-0.15, -0.1) is 0 Å². The fraction of sp³-hybridized carbons (Fsp3) is 0.417. The van der Waals surface area contributed by atoms with Gasteiger partial charge in [-0.1, -0.05) is 18.2 Å². The molecule has 0 unspecified atom stereocenters. The minimum Gasteiger partial charge on any atom is -0.370 e. The third-order valence-corrected chi connectivity index (χ3v) is 3.22. The number of hydrogen-bond acceptors (Lipinski definition) is 1. The summed E-state index contributed by atoms with van der Waals surface area (Å²) in [4.78, 5) is 3.92. The van der Waals surface area contributed by atoms with Crippen molar-refractivity contribution < 1.29 is 13.2 Å². The zero-order valence-electron chi connectivity index (χ0n) is 9.67. The van der Waals surface area contributed by atoms with E-state index in [0.29, 0.717) is 12.1 Å². The van der Waals surface area contributed by atoms with E-state index in [0.717, 1.165) is 18.9 Å². The van der Waals surface area contributed by atoms with Gasteiger partial charge in [-0.3, -0.25) is 4.99 Å². The first-order chi connectivity index (χ1) is 8.33. The summed E-state index contributed by atoms with van der Waals surface area (Å²) in [5.41, 5.74) is 10.2. The zero-order chi connectivity index (χ0) is 13.4. The van der Waals surface area contributed by atoms with Crippen molar-refractivity contribution in [1.82, 2.24) is 0 Å². The zero-order valence-corrected chi connectivity index (χ0v) is 9.67. The van der Waals surface area contributed by atoms with E-state index < -0.39 is 11.7 Å². The Morgan fingerprint density at radius 2 is 1.94 bits per heavy atom. The van der Waals surface area contributed by atoms with Gasteiger partial charge in [0, 0.05) is 5.41 Å². The van der Waals surface area contributed by atoms with Crippen molar-refractivity contribution >= 4 is 5.96 Å². The molecule has 0 amide bonds. The van der Waals surface area contributed by atoms with Gasteiger partial charge < -0.3 is 11.5 Å². The lowest BCUT2D eigenvalue weighted by Gasteiger charge is -2.15. The summed E-state index contributed by atoms with van der Waals surface area (Å²) >= 11 is 0. The smallest absolute Gasteiger partial charge is 0.370 e. The third-order valence-electron chi connectivity index (χ3n) is 3.22. The Bertz CT molecular complexity index is 472. The first-order valence-corrected chi connectivity index (χ1v) is 5.57. The van der Waals surface area contributed by atoms with Gasteiger partial charge in [0.15, 0.2) is 5.96 Å². The SMILES string of the molecule is NC(N)=NCC1(c2cccc(C(F)(F)F)c2)CC1. The predicted octanol–water partition coefficient (Wildman–Crippen LogP) is 2.01. The number of nitrogens with two attached hydrogens (primary N) is 2. The Kier molecular flexibility index (Phi) is 2.96. The predicted molar refractivity (Wildman–Crippen MR) is 63.0 cm³/mol. The molecule has 1 aromatic carbocycles. The van der Waals surface area contributed by atoms with Gasteiger partial charge in [0.05, 0.1) is 12.1 Å². The number of benzene rings is 1. The molecule has 0 heterocycles. The number of guanidine groups is 1. The number of rotatable bonds is 3. The minimum atomic E-state index is -4.32. The van der Waals surface area contributed by atoms with Crippen LogP contribution in [0.1, 0.15) is 24.0 Å². The van der Waals surface area contributed by atoms with Crippen LogP contribution in [0.5, 0.6) is 0 Å². The molecule has 0 atom stereocenters. The maximum atomic E-state index is 12.6. The molecule has 1 aliphatic carbocycles. The number of halogens is 3. The van der Waals surface area contributed by atoms with E-state index in [1.807, 2.05) is 0 Å². The second kappa shape index (κ2) is 4.19. The van der Waals surface area contributed by atoms with Crippen LogP contribution in [0, 0.1) is 0 Å². The molecule has 1 aliphatic rings. The first kappa shape index (κ1) is 12.7. The van der Waals surface area contributed by atoms with Crippen LogP contribution in [0.25, 0.3) is 0 Å². The second-order valence-electron chi connectivity index (χ2n) is 4.60. The van der Waals surface area contributed by atoms with Crippen LogP contribution in [-0.4, -0.2) is 12.5 Å². The molecule has 1 saturated carbocycles. The molecular weight excluding hydrogens is 243 g/mol. The normalized spacial score (nSPS) is 17.3. The van der Waals surface area contributed by atoms with Crippen molar-refractivity contribution in [3.63, 3.8) is 0 Å². The maximum absolute atomic E-state index is 12.6. The quantitative estimate of drug-likeness (QED) is 0.642. The van der Waals surface area contributed by atoms with Gasteiger partial charge in [-0.25, -0.2) is 0 Å².